The molecular formula is C15H21NO4. The smallest absolute Gasteiger partial charge is 0.331 e. The van der Waals surface area contributed by atoms with Gasteiger partial charge in [0.05, 0.1) is 13.5 Å². The molecular weight excluding hydrogens is 258 g/mol. The first-order chi connectivity index (χ1) is 9.42. The number of ether oxygens (including phenoxy) is 1. The van der Waals surface area contributed by atoms with Crippen LogP contribution in [0.3, 0.4) is 0 Å². The third-order valence-corrected chi connectivity index (χ3v) is 3.14. The second-order valence-electron chi connectivity index (χ2n) is 4.93. The molecule has 0 heterocycles. The van der Waals surface area contributed by atoms with Crippen LogP contribution >= 0.6 is 0 Å². The summed E-state index contributed by atoms with van der Waals surface area (Å²) in [5, 5.41) is 12.3. The zero-order valence-corrected chi connectivity index (χ0v) is 12.1. The van der Waals surface area contributed by atoms with Crippen LogP contribution in [0.2, 0.25) is 0 Å². The highest BCUT2D eigenvalue weighted by Crippen LogP contribution is 2.18. The zero-order valence-electron chi connectivity index (χ0n) is 12.1. The van der Waals surface area contributed by atoms with Crippen molar-refractivity contribution in [3.05, 3.63) is 29.8 Å². The van der Waals surface area contributed by atoms with E-state index in [4.69, 9.17) is 4.74 Å². The average molecular weight is 279 g/mol. The maximum absolute atomic E-state index is 12.0. The monoisotopic (exact) mass is 279 g/mol. The Morgan fingerprint density at radius 2 is 2.00 bits per heavy atom. The number of benzene rings is 1. The molecule has 0 fully saturated rings. The van der Waals surface area contributed by atoms with Gasteiger partial charge in [-0.05, 0) is 19.4 Å². The third-order valence-electron chi connectivity index (χ3n) is 3.14. The molecule has 20 heavy (non-hydrogen) atoms. The molecule has 0 aromatic heterocycles. The van der Waals surface area contributed by atoms with Gasteiger partial charge in [0.2, 0.25) is 5.91 Å². The molecule has 5 heteroatoms. The van der Waals surface area contributed by atoms with E-state index in [9.17, 15) is 14.7 Å². The molecule has 5 nitrogen and oxygen atoms in total. The van der Waals surface area contributed by atoms with Crippen molar-refractivity contribution in [1.82, 2.24) is 5.32 Å². The Labute approximate surface area is 118 Å². The Bertz CT molecular complexity index is 487. The Hall–Kier alpha value is -2.04. The minimum absolute atomic E-state index is 0.0168. The molecule has 1 rings (SSSR count). The standard InChI is InChI=1S/C15H21NO4/c1-4-9-15(2,14(19)20-3)16-13(18)10-11-7-5-6-8-12(11)17/h5-8,17H,4,9-10H2,1-3H3,(H,16,18). The first kappa shape index (κ1) is 16.0. The van der Waals surface area contributed by atoms with E-state index >= 15 is 0 Å². The lowest BCUT2D eigenvalue weighted by Crippen LogP contribution is -2.53. The van der Waals surface area contributed by atoms with Gasteiger partial charge in [-0.25, -0.2) is 4.79 Å². The van der Waals surface area contributed by atoms with Crippen molar-refractivity contribution < 1.29 is 19.4 Å². The fraction of sp³-hybridized carbons (Fsp3) is 0.467. The first-order valence-electron chi connectivity index (χ1n) is 6.59. The number of hydrogen-bond acceptors (Lipinski definition) is 4. The highest BCUT2D eigenvalue weighted by Gasteiger charge is 2.35. The van der Waals surface area contributed by atoms with Crippen LogP contribution in [0.15, 0.2) is 24.3 Å². The number of phenolic OH excluding ortho intramolecular Hbond substituents is 1. The summed E-state index contributed by atoms with van der Waals surface area (Å²) in [5.74, 6) is -0.726. The lowest BCUT2D eigenvalue weighted by molar-refractivity contribution is -0.150. The van der Waals surface area contributed by atoms with Gasteiger partial charge in [0.1, 0.15) is 11.3 Å². The van der Waals surface area contributed by atoms with Crippen LogP contribution in [0, 0.1) is 0 Å². The number of amides is 1. The van der Waals surface area contributed by atoms with Crippen LogP contribution < -0.4 is 5.32 Å². The van der Waals surface area contributed by atoms with Crippen LogP contribution in [0.4, 0.5) is 0 Å². The molecule has 1 aromatic rings. The molecule has 0 spiro atoms. The van der Waals surface area contributed by atoms with Crippen molar-refractivity contribution in [2.45, 2.75) is 38.6 Å². The molecule has 1 aromatic carbocycles. The lowest BCUT2D eigenvalue weighted by Gasteiger charge is -2.27. The maximum atomic E-state index is 12.0. The third kappa shape index (κ3) is 3.98. The highest BCUT2D eigenvalue weighted by molar-refractivity contribution is 5.88. The molecule has 1 unspecified atom stereocenters. The number of esters is 1. The van der Waals surface area contributed by atoms with E-state index < -0.39 is 11.5 Å². The SMILES string of the molecule is CCCC(C)(NC(=O)Cc1ccccc1O)C(=O)OC. The summed E-state index contributed by atoms with van der Waals surface area (Å²) in [4.78, 5) is 23.8. The van der Waals surface area contributed by atoms with E-state index in [0.29, 0.717) is 12.0 Å². The summed E-state index contributed by atoms with van der Waals surface area (Å²) in [7, 11) is 1.30. The second-order valence-corrected chi connectivity index (χ2v) is 4.93. The van der Waals surface area contributed by atoms with Gasteiger partial charge in [-0.15, -0.1) is 0 Å². The summed E-state index contributed by atoms with van der Waals surface area (Å²) in [6, 6.07) is 6.62. The highest BCUT2D eigenvalue weighted by atomic mass is 16.5. The number of rotatable bonds is 6. The van der Waals surface area contributed by atoms with Gasteiger partial charge in [0.25, 0.3) is 0 Å². The Kier molecular flexibility index (Phi) is 5.55. The quantitative estimate of drug-likeness (QED) is 0.778. The Morgan fingerprint density at radius 1 is 1.35 bits per heavy atom. The molecule has 0 radical (unpaired) electrons. The molecule has 0 saturated heterocycles. The van der Waals surface area contributed by atoms with Gasteiger partial charge in [-0.2, -0.15) is 0 Å². The molecule has 1 amide bonds. The van der Waals surface area contributed by atoms with Crippen LogP contribution in [0.1, 0.15) is 32.3 Å². The number of aromatic hydroxyl groups is 1. The van der Waals surface area contributed by atoms with Crippen molar-refractivity contribution >= 4 is 11.9 Å². The summed E-state index contributed by atoms with van der Waals surface area (Å²) in [5.41, 5.74) is -0.515. The average Bonchev–Trinajstić information content (AvgIpc) is 2.40. The van der Waals surface area contributed by atoms with Gasteiger partial charge in [-0.3, -0.25) is 4.79 Å². The summed E-state index contributed by atoms with van der Waals surface area (Å²) < 4.78 is 4.74. The number of para-hydroxylation sites is 1. The van der Waals surface area contributed by atoms with E-state index in [2.05, 4.69) is 5.32 Å². The number of methoxy groups -OCH3 is 1. The minimum atomic E-state index is -1.04. The second kappa shape index (κ2) is 6.93. The fourth-order valence-corrected chi connectivity index (χ4v) is 2.13. The molecule has 2 N–H and O–H groups in total. The van der Waals surface area contributed by atoms with Gasteiger partial charge in [0, 0.05) is 5.56 Å². The molecule has 0 aliphatic heterocycles. The molecule has 0 bridgehead atoms. The Morgan fingerprint density at radius 3 is 2.55 bits per heavy atom. The van der Waals surface area contributed by atoms with Gasteiger partial charge < -0.3 is 15.2 Å². The number of carbonyl (C=O) groups is 2. The van der Waals surface area contributed by atoms with E-state index in [1.165, 1.54) is 13.2 Å². The number of phenols is 1. The molecule has 0 aliphatic carbocycles. The molecule has 0 aliphatic rings. The van der Waals surface area contributed by atoms with Crippen molar-refractivity contribution in [2.24, 2.45) is 0 Å². The number of carbonyl (C=O) groups excluding carboxylic acids is 2. The van der Waals surface area contributed by atoms with E-state index in [1.807, 2.05) is 6.92 Å². The van der Waals surface area contributed by atoms with Crippen molar-refractivity contribution in [3.63, 3.8) is 0 Å². The predicted molar refractivity (Wildman–Crippen MR) is 75.3 cm³/mol. The molecule has 0 saturated carbocycles. The molecule has 110 valence electrons. The van der Waals surface area contributed by atoms with Crippen molar-refractivity contribution in [3.8, 4) is 5.75 Å². The van der Waals surface area contributed by atoms with Crippen LogP contribution in [0.5, 0.6) is 5.75 Å². The zero-order chi connectivity index (χ0) is 15.2. The maximum Gasteiger partial charge on any atom is 0.331 e. The number of nitrogens with one attached hydrogen (secondary N) is 1. The van der Waals surface area contributed by atoms with Gasteiger partial charge in [0.15, 0.2) is 0 Å². The van der Waals surface area contributed by atoms with E-state index in [1.54, 1.807) is 25.1 Å². The van der Waals surface area contributed by atoms with Crippen molar-refractivity contribution in [2.75, 3.05) is 7.11 Å². The minimum Gasteiger partial charge on any atom is -0.508 e. The van der Waals surface area contributed by atoms with Gasteiger partial charge >= 0.3 is 5.97 Å². The van der Waals surface area contributed by atoms with Crippen LogP contribution in [-0.4, -0.2) is 29.6 Å². The molecule has 1 atom stereocenters. The topological polar surface area (TPSA) is 75.6 Å². The normalized spacial score (nSPS) is 13.3. The largest absolute Gasteiger partial charge is 0.508 e. The Balaban J connectivity index is 2.77. The summed E-state index contributed by atoms with van der Waals surface area (Å²) >= 11 is 0. The van der Waals surface area contributed by atoms with E-state index in [0.717, 1.165) is 6.42 Å². The van der Waals surface area contributed by atoms with E-state index in [-0.39, 0.29) is 18.1 Å². The van der Waals surface area contributed by atoms with Crippen molar-refractivity contribution in [1.29, 1.82) is 0 Å². The van der Waals surface area contributed by atoms with Crippen LogP contribution in [0.25, 0.3) is 0 Å². The fourth-order valence-electron chi connectivity index (χ4n) is 2.13. The first-order valence-corrected chi connectivity index (χ1v) is 6.59. The number of hydrogen-bond donors (Lipinski definition) is 2. The predicted octanol–water partition coefficient (Wildman–Crippen LogP) is 1.78. The summed E-state index contributed by atoms with van der Waals surface area (Å²) in [6.45, 7) is 3.57. The lowest BCUT2D eigenvalue weighted by atomic mass is 9.95. The van der Waals surface area contributed by atoms with Gasteiger partial charge in [-0.1, -0.05) is 31.5 Å². The van der Waals surface area contributed by atoms with Crippen LogP contribution in [-0.2, 0) is 20.7 Å². The summed E-state index contributed by atoms with van der Waals surface area (Å²) in [6.07, 6.45) is 1.25.